The van der Waals surface area contributed by atoms with Crippen LogP contribution in [0.5, 0.6) is 0 Å². The summed E-state index contributed by atoms with van der Waals surface area (Å²) in [7, 11) is 0. The van der Waals surface area contributed by atoms with Gasteiger partial charge in [-0.15, -0.1) is 0 Å². The smallest absolute Gasteiger partial charge is 0.293 e. The second-order valence-electron chi connectivity index (χ2n) is 4.75. The van der Waals surface area contributed by atoms with Crippen molar-refractivity contribution in [3.8, 4) is 0 Å². The summed E-state index contributed by atoms with van der Waals surface area (Å²) in [5, 5.41) is -0.0933. The van der Waals surface area contributed by atoms with Crippen molar-refractivity contribution in [3.63, 3.8) is 0 Å². The van der Waals surface area contributed by atoms with Gasteiger partial charge < -0.3 is 0 Å². The number of hydrogen-bond acceptors (Lipinski definition) is 2. The van der Waals surface area contributed by atoms with Crippen LogP contribution in [0.2, 0.25) is 0 Å². The fraction of sp³-hybridized carbons (Fsp3) is 0.500. The summed E-state index contributed by atoms with van der Waals surface area (Å²) in [5.41, 5.74) is 0.135. The molecule has 0 amide bonds. The molecule has 0 bridgehead atoms. The number of hydrogen-bond donors (Lipinski definition) is 0. The molecule has 1 saturated heterocycles. The number of halogens is 3. The molecule has 1 aliphatic heterocycles. The lowest BCUT2D eigenvalue weighted by molar-refractivity contribution is -0.137. The molecule has 1 heterocycles. The summed E-state index contributed by atoms with van der Waals surface area (Å²) in [5.74, 6) is 0.923. The fourth-order valence-corrected chi connectivity index (χ4v) is 3.50. The van der Waals surface area contributed by atoms with Gasteiger partial charge in [0.2, 0.25) is 0 Å². The van der Waals surface area contributed by atoms with Crippen LogP contribution < -0.4 is 0 Å². The molecule has 1 aliphatic rings. The topological polar surface area (TPSA) is 17.1 Å². The number of thioether (sulfide) groups is 1. The predicted molar refractivity (Wildman–Crippen MR) is 70.6 cm³/mol. The molecular formula is C14H15F3OS. The van der Waals surface area contributed by atoms with Crippen molar-refractivity contribution in [2.75, 3.05) is 5.75 Å². The molecule has 5 heteroatoms. The van der Waals surface area contributed by atoms with Crippen molar-refractivity contribution < 1.29 is 18.0 Å². The van der Waals surface area contributed by atoms with Crippen molar-refractivity contribution >= 4 is 17.5 Å². The summed E-state index contributed by atoms with van der Waals surface area (Å²) in [6, 6.07) is 3.37. The minimum Gasteiger partial charge on any atom is -0.293 e. The molecule has 1 nitrogen and oxygen atoms in total. The van der Waals surface area contributed by atoms with Crippen LogP contribution in [-0.4, -0.2) is 16.8 Å². The molecule has 0 spiro atoms. The van der Waals surface area contributed by atoms with Crippen molar-refractivity contribution in [3.05, 3.63) is 34.9 Å². The highest BCUT2D eigenvalue weighted by molar-refractivity contribution is 8.00. The Kier molecular flexibility index (Phi) is 4.23. The van der Waals surface area contributed by atoms with Gasteiger partial charge in [-0.25, -0.2) is 0 Å². The van der Waals surface area contributed by atoms with Crippen LogP contribution in [0.25, 0.3) is 0 Å². The van der Waals surface area contributed by atoms with Crippen LogP contribution in [-0.2, 0) is 6.18 Å². The van der Waals surface area contributed by atoms with E-state index in [1.807, 2.05) is 0 Å². The molecule has 1 fully saturated rings. The van der Waals surface area contributed by atoms with Crippen LogP contribution in [0.1, 0.15) is 40.7 Å². The molecule has 19 heavy (non-hydrogen) atoms. The van der Waals surface area contributed by atoms with Gasteiger partial charge in [0, 0.05) is 5.56 Å². The first kappa shape index (κ1) is 14.4. The lowest BCUT2D eigenvalue weighted by Gasteiger charge is -2.21. The van der Waals surface area contributed by atoms with E-state index in [1.54, 1.807) is 18.7 Å². The van der Waals surface area contributed by atoms with E-state index >= 15 is 0 Å². The van der Waals surface area contributed by atoms with E-state index in [4.69, 9.17) is 0 Å². The Labute approximate surface area is 114 Å². The van der Waals surface area contributed by atoms with Gasteiger partial charge in [0.05, 0.1) is 10.8 Å². The summed E-state index contributed by atoms with van der Waals surface area (Å²) in [6.45, 7) is 1.57. The molecule has 2 rings (SSSR count). The molecule has 0 aliphatic carbocycles. The van der Waals surface area contributed by atoms with Gasteiger partial charge >= 0.3 is 6.18 Å². The molecule has 0 radical (unpaired) electrons. The van der Waals surface area contributed by atoms with Crippen molar-refractivity contribution in [1.29, 1.82) is 0 Å². The Morgan fingerprint density at radius 1 is 1.32 bits per heavy atom. The molecular weight excluding hydrogens is 273 g/mol. The lowest BCUT2D eigenvalue weighted by atomic mass is 9.97. The molecule has 0 saturated carbocycles. The van der Waals surface area contributed by atoms with Crippen LogP contribution in [0.4, 0.5) is 13.2 Å². The monoisotopic (exact) mass is 288 g/mol. The summed E-state index contributed by atoms with van der Waals surface area (Å²) < 4.78 is 37.7. The molecule has 104 valence electrons. The van der Waals surface area contributed by atoms with Crippen LogP contribution in [0, 0.1) is 6.92 Å². The molecule has 0 aromatic heterocycles. The molecule has 1 atom stereocenters. The van der Waals surface area contributed by atoms with Gasteiger partial charge in [-0.1, -0.05) is 12.5 Å². The molecule has 1 unspecified atom stereocenters. The fourth-order valence-electron chi connectivity index (χ4n) is 2.24. The van der Waals surface area contributed by atoms with Crippen LogP contribution in [0.3, 0.4) is 0 Å². The Hall–Kier alpha value is -0.970. The summed E-state index contributed by atoms with van der Waals surface area (Å²) in [4.78, 5) is 12.3. The van der Waals surface area contributed by atoms with Gasteiger partial charge in [-0.05, 0) is 43.2 Å². The minimum absolute atomic E-state index is 0.0316. The first-order chi connectivity index (χ1) is 8.89. The van der Waals surface area contributed by atoms with Gasteiger partial charge in [-0.2, -0.15) is 24.9 Å². The third kappa shape index (κ3) is 3.32. The van der Waals surface area contributed by atoms with Crippen LogP contribution in [0.15, 0.2) is 18.2 Å². The zero-order valence-corrected chi connectivity index (χ0v) is 11.4. The van der Waals surface area contributed by atoms with E-state index in [0.29, 0.717) is 11.1 Å². The zero-order valence-electron chi connectivity index (χ0n) is 10.6. The number of rotatable bonds is 2. The average molecular weight is 288 g/mol. The van der Waals surface area contributed by atoms with Gasteiger partial charge in [0.1, 0.15) is 0 Å². The average Bonchev–Trinajstić information content (AvgIpc) is 2.38. The first-order valence-electron chi connectivity index (χ1n) is 6.23. The minimum atomic E-state index is -4.36. The Morgan fingerprint density at radius 2 is 2.05 bits per heavy atom. The van der Waals surface area contributed by atoms with Gasteiger partial charge in [-0.3, -0.25) is 4.79 Å². The third-order valence-electron chi connectivity index (χ3n) is 3.29. The van der Waals surface area contributed by atoms with E-state index in [9.17, 15) is 18.0 Å². The van der Waals surface area contributed by atoms with E-state index in [-0.39, 0.29) is 11.0 Å². The van der Waals surface area contributed by atoms with E-state index < -0.39 is 11.7 Å². The highest BCUT2D eigenvalue weighted by Crippen LogP contribution is 2.32. The Balaban J connectivity index is 2.23. The maximum atomic E-state index is 12.6. The highest BCUT2D eigenvalue weighted by Gasteiger charge is 2.31. The first-order valence-corrected chi connectivity index (χ1v) is 7.28. The number of carbonyl (C=O) groups excluding carboxylic acids is 1. The maximum Gasteiger partial charge on any atom is 0.416 e. The normalized spacial score (nSPS) is 20.3. The zero-order chi connectivity index (χ0) is 14.0. The lowest BCUT2D eigenvalue weighted by Crippen LogP contribution is -2.22. The van der Waals surface area contributed by atoms with Gasteiger partial charge in [0.15, 0.2) is 5.78 Å². The predicted octanol–water partition coefficient (Wildman–Crippen LogP) is 4.48. The van der Waals surface area contributed by atoms with Crippen LogP contribution >= 0.6 is 11.8 Å². The Bertz CT molecular complexity index is 476. The highest BCUT2D eigenvalue weighted by atomic mass is 32.2. The second-order valence-corrected chi connectivity index (χ2v) is 6.06. The standard InChI is InChI=1S/C14H15F3OS/c1-9-8-10(14(15,16)17)5-6-11(9)13(18)12-4-2-3-7-19-12/h5-6,8,12H,2-4,7H2,1H3. The van der Waals surface area contributed by atoms with Crippen molar-refractivity contribution in [2.24, 2.45) is 0 Å². The third-order valence-corrected chi connectivity index (χ3v) is 4.67. The Morgan fingerprint density at radius 3 is 2.58 bits per heavy atom. The molecule has 0 N–H and O–H groups in total. The number of benzene rings is 1. The second kappa shape index (κ2) is 5.57. The SMILES string of the molecule is Cc1cc(C(F)(F)F)ccc1C(=O)C1CCCCS1. The van der Waals surface area contributed by atoms with Crippen molar-refractivity contribution in [2.45, 2.75) is 37.6 Å². The van der Waals surface area contributed by atoms with Crippen molar-refractivity contribution in [1.82, 2.24) is 0 Å². The number of carbonyl (C=O) groups is 1. The molecule has 1 aromatic rings. The quantitative estimate of drug-likeness (QED) is 0.746. The number of alkyl halides is 3. The van der Waals surface area contributed by atoms with E-state index in [0.717, 1.165) is 37.1 Å². The number of ketones is 1. The van der Waals surface area contributed by atoms with E-state index in [2.05, 4.69) is 0 Å². The maximum absolute atomic E-state index is 12.6. The number of Topliss-reactive ketones (excluding diaryl/α,β-unsaturated/α-hetero) is 1. The molecule has 1 aromatic carbocycles. The van der Waals surface area contributed by atoms with E-state index in [1.165, 1.54) is 6.07 Å². The number of aryl methyl sites for hydroxylation is 1. The largest absolute Gasteiger partial charge is 0.416 e. The summed E-state index contributed by atoms with van der Waals surface area (Å²) >= 11 is 1.61. The van der Waals surface area contributed by atoms with Gasteiger partial charge in [0.25, 0.3) is 0 Å². The summed E-state index contributed by atoms with van der Waals surface area (Å²) in [6.07, 6.45) is -1.40.